The molecule has 1 unspecified atom stereocenters. The molecule has 0 saturated heterocycles. The van der Waals surface area contributed by atoms with E-state index in [1.807, 2.05) is 0 Å². The van der Waals surface area contributed by atoms with Crippen molar-refractivity contribution >= 4 is 16.4 Å². The second-order valence-electron chi connectivity index (χ2n) is 8.56. The fraction of sp³-hybridized carbons (Fsp3) is 1.00. The van der Waals surface area contributed by atoms with E-state index in [-0.39, 0.29) is 15.8 Å². The Morgan fingerprint density at radius 3 is 1.56 bits per heavy atom. The molecule has 0 aliphatic carbocycles. The van der Waals surface area contributed by atoms with Crippen LogP contribution in [-0.2, 0) is 4.43 Å². The Morgan fingerprint density at radius 2 is 1.28 bits per heavy atom. The molecule has 110 valence electrons. The summed E-state index contributed by atoms with van der Waals surface area (Å²) < 4.78 is 6.16. The molecular formula is C14H34O2Si2. The van der Waals surface area contributed by atoms with E-state index in [9.17, 15) is 5.11 Å². The van der Waals surface area contributed by atoms with Gasteiger partial charge in [-0.05, 0) is 23.2 Å². The first-order chi connectivity index (χ1) is 7.63. The van der Waals surface area contributed by atoms with Gasteiger partial charge in [0, 0.05) is 0 Å². The summed E-state index contributed by atoms with van der Waals surface area (Å²) in [5.74, 6) is 0. The quantitative estimate of drug-likeness (QED) is 0.777. The average Bonchev–Trinajstić information content (AvgIpc) is 2.10. The lowest BCUT2D eigenvalue weighted by Crippen LogP contribution is -2.53. The normalized spacial score (nSPS) is 16.8. The Bertz CT molecular complexity index is 272. The smallest absolute Gasteiger partial charge is 0.192 e. The molecule has 1 N–H and O–H groups in total. The Hall–Kier alpha value is 0.354. The van der Waals surface area contributed by atoms with Gasteiger partial charge in [0.05, 0.1) is 20.4 Å². The highest BCUT2D eigenvalue weighted by Gasteiger charge is 2.44. The molecular weight excluding hydrogens is 256 g/mol. The van der Waals surface area contributed by atoms with Crippen molar-refractivity contribution in [1.82, 2.24) is 0 Å². The van der Waals surface area contributed by atoms with E-state index in [1.54, 1.807) is 0 Å². The van der Waals surface area contributed by atoms with E-state index in [0.29, 0.717) is 6.61 Å². The predicted molar refractivity (Wildman–Crippen MR) is 86.4 cm³/mol. The van der Waals surface area contributed by atoms with E-state index >= 15 is 0 Å². The van der Waals surface area contributed by atoms with Crippen LogP contribution in [0.15, 0.2) is 0 Å². The molecule has 18 heavy (non-hydrogen) atoms. The number of aliphatic hydroxyl groups is 1. The minimum atomic E-state index is -1.74. The molecule has 0 radical (unpaired) electrons. The zero-order valence-electron chi connectivity index (χ0n) is 14.1. The third-order valence-corrected chi connectivity index (χ3v) is 15.4. The summed E-state index contributed by atoms with van der Waals surface area (Å²) in [6, 6.07) is 0. The van der Waals surface area contributed by atoms with Crippen LogP contribution in [0.5, 0.6) is 0 Å². The second-order valence-corrected chi connectivity index (χ2v) is 19.0. The maximum atomic E-state index is 10.5. The van der Waals surface area contributed by atoms with Gasteiger partial charge in [-0.1, -0.05) is 54.6 Å². The van der Waals surface area contributed by atoms with Crippen LogP contribution >= 0.6 is 0 Å². The van der Waals surface area contributed by atoms with Gasteiger partial charge in [0.15, 0.2) is 8.32 Å². The van der Waals surface area contributed by atoms with E-state index in [1.165, 1.54) is 0 Å². The van der Waals surface area contributed by atoms with Gasteiger partial charge >= 0.3 is 0 Å². The number of rotatable bonds is 4. The molecule has 0 aromatic carbocycles. The first-order valence-corrected chi connectivity index (χ1v) is 12.9. The minimum Gasteiger partial charge on any atom is -0.415 e. The van der Waals surface area contributed by atoms with Crippen LogP contribution in [0.3, 0.4) is 0 Å². The van der Waals surface area contributed by atoms with Crippen molar-refractivity contribution in [3.8, 4) is 0 Å². The Labute approximate surface area is 116 Å². The van der Waals surface area contributed by atoms with Crippen molar-refractivity contribution in [3.05, 3.63) is 0 Å². The van der Waals surface area contributed by atoms with E-state index in [4.69, 9.17) is 4.43 Å². The van der Waals surface area contributed by atoms with Crippen LogP contribution in [0.25, 0.3) is 0 Å². The van der Waals surface area contributed by atoms with Crippen LogP contribution in [0.2, 0.25) is 36.3 Å². The number of hydrogen-bond acceptors (Lipinski definition) is 2. The monoisotopic (exact) mass is 290 g/mol. The number of hydrogen-bond donors (Lipinski definition) is 1. The summed E-state index contributed by atoms with van der Waals surface area (Å²) in [6.45, 7) is 22.9. The highest BCUT2D eigenvalue weighted by atomic mass is 28.4. The second kappa shape index (κ2) is 5.39. The summed E-state index contributed by atoms with van der Waals surface area (Å²) in [4.78, 5) is 0. The lowest BCUT2D eigenvalue weighted by Gasteiger charge is -2.43. The molecule has 0 amide bonds. The SMILES string of the molecule is CC(C)(C)[Si](C)(C)OCC(O)[Si](C)(C)C(C)(C)C. The van der Waals surface area contributed by atoms with Gasteiger partial charge in [-0.15, -0.1) is 0 Å². The Morgan fingerprint density at radius 1 is 0.889 bits per heavy atom. The first-order valence-electron chi connectivity index (χ1n) is 6.95. The largest absolute Gasteiger partial charge is 0.415 e. The molecule has 0 rings (SSSR count). The van der Waals surface area contributed by atoms with Crippen molar-refractivity contribution < 1.29 is 9.53 Å². The fourth-order valence-electron chi connectivity index (χ4n) is 1.21. The van der Waals surface area contributed by atoms with Gasteiger partial charge in [-0.25, -0.2) is 0 Å². The minimum absolute atomic E-state index is 0.198. The zero-order chi connectivity index (χ0) is 15.0. The topological polar surface area (TPSA) is 29.5 Å². The van der Waals surface area contributed by atoms with Gasteiger partial charge in [-0.3, -0.25) is 0 Å². The maximum Gasteiger partial charge on any atom is 0.192 e. The van der Waals surface area contributed by atoms with E-state index < -0.39 is 16.4 Å². The van der Waals surface area contributed by atoms with Crippen LogP contribution in [0.1, 0.15) is 41.5 Å². The van der Waals surface area contributed by atoms with Crippen LogP contribution < -0.4 is 0 Å². The van der Waals surface area contributed by atoms with Crippen LogP contribution in [0.4, 0.5) is 0 Å². The summed E-state index contributed by atoms with van der Waals surface area (Å²) in [5, 5.41) is 10.9. The summed E-state index contributed by atoms with van der Waals surface area (Å²) >= 11 is 0. The van der Waals surface area contributed by atoms with Gasteiger partial charge in [0.2, 0.25) is 0 Å². The maximum absolute atomic E-state index is 10.5. The Balaban J connectivity index is 4.67. The molecule has 0 heterocycles. The van der Waals surface area contributed by atoms with Gasteiger partial charge in [-0.2, -0.15) is 0 Å². The molecule has 1 atom stereocenters. The molecule has 0 aromatic rings. The number of aliphatic hydroxyl groups excluding tert-OH is 1. The van der Waals surface area contributed by atoms with Crippen molar-refractivity contribution in [2.24, 2.45) is 0 Å². The van der Waals surface area contributed by atoms with Gasteiger partial charge in [0.25, 0.3) is 0 Å². The molecule has 0 spiro atoms. The van der Waals surface area contributed by atoms with Gasteiger partial charge < -0.3 is 9.53 Å². The molecule has 0 bridgehead atoms. The third kappa shape index (κ3) is 4.18. The van der Waals surface area contributed by atoms with Crippen LogP contribution in [-0.4, -0.2) is 33.8 Å². The molecule has 0 fully saturated rings. The van der Waals surface area contributed by atoms with Gasteiger partial charge in [0.1, 0.15) is 0 Å². The lowest BCUT2D eigenvalue weighted by atomic mass is 10.2. The highest BCUT2D eigenvalue weighted by molar-refractivity contribution is 6.81. The molecule has 0 aliphatic rings. The molecule has 0 aromatic heterocycles. The summed E-state index contributed by atoms with van der Waals surface area (Å²) in [5.41, 5.74) is -0.286. The molecule has 0 aliphatic heterocycles. The van der Waals surface area contributed by atoms with E-state index in [2.05, 4.69) is 67.7 Å². The third-order valence-electron chi connectivity index (χ3n) is 5.17. The standard InChI is InChI=1S/C14H34O2Si2/c1-13(2,3)17(7,8)12(15)11-16-18(9,10)14(4,5)6/h12,15H,11H2,1-10H3. The molecule has 2 nitrogen and oxygen atoms in total. The van der Waals surface area contributed by atoms with E-state index in [0.717, 1.165) is 0 Å². The van der Waals surface area contributed by atoms with Crippen LogP contribution in [0, 0.1) is 0 Å². The fourth-order valence-corrected chi connectivity index (χ4v) is 3.89. The first kappa shape index (κ1) is 18.4. The van der Waals surface area contributed by atoms with Crippen molar-refractivity contribution in [1.29, 1.82) is 0 Å². The summed E-state index contributed by atoms with van der Waals surface area (Å²) in [6.07, 6.45) is 0. The molecule has 0 saturated carbocycles. The van der Waals surface area contributed by atoms with Crippen molar-refractivity contribution in [2.45, 2.75) is 83.5 Å². The zero-order valence-corrected chi connectivity index (χ0v) is 16.1. The van der Waals surface area contributed by atoms with Crippen molar-refractivity contribution in [3.63, 3.8) is 0 Å². The summed E-state index contributed by atoms with van der Waals surface area (Å²) in [7, 11) is -3.46. The molecule has 4 heteroatoms. The average molecular weight is 291 g/mol. The highest BCUT2D eigenvalue weighted by Crippen LogP contribution is 2.40. The Kier molecular flexibility index (Phi) is 5.49. The van der Waals surface area contributed by atoms with Crippen molar-refractivity contribution in [2.75, 3.05) is 6.61 Å². The lowest BCUT2D eigenvalue weighted by molar-refractivity contribution is 0.147. The predicted octanol–water partition coefficient (Wildman–Crippen LogP) is 4.42.